The zero-order chi connectivity index (χ0) is 19.2. The molecule has 3 rings (SSSR count). The molecular formula is C21H23Cl2NO3. The van der Waals surface area contributed by atoms with Crippen LogP contribution in [0.3, 0.4) is 0 Å². The minimum atomic E-state index is -0.708. The molecule has 0 aliphatic carbocycles. The molecule has 1 N–H and O–H groups in total. The maximum absolute atomic E-state index is 11.2. The lowest BCUT2D eigenvalue weighted by Crippen LogP contribution is -2.40. The van der Waals surface area contributed by atoms with Crippen molar-refractivity contribution >= 4 is 29.2 Å². The molecule has 1 saturated heterocycles. The molecule has 0 aromatic heterocycles. The summed E-state index contributed by atoms with van der Waals surface area (Å²) in [4.78, 5) is 13.4. The van der Waals surface area contributed by atoms with Crippen molar-refractivity contribution < 1.29 is 14.6 Å². The summed E-state index contributed by atoms with van der Waals surface area (Å²) in [6.45, 7) is 2.73. The van der Waals surface area contributed by atoms with Crippen LogP contribution < -0.4 is 0 Å². The van der Waals surface area contributed by atoms with Gasteiger partial charge in [0.25, 0.3) is 0 Å². The number of halogens is 2. The zero-order valence-electron chi connectivity index (χ0n) is 15.0. The lowest BCUT2D eigenvalue weighted by Gasteiger charge is -2.31. The van der Waals surface area contributed by atoms with Gasteiger partial charge in [-0.25, -0.2) is 0 Å². The molecule has 6 heteroatoms. The Kier molecular flexibility index (Phi) is 7.13. The van der Waals surface area contributed by atoms with Gasteiger partial charge in [0.05, 0.1) is 12.5 Å². The van der Waals surface area contributed by atoms with Crippen molar-refractivity contribution in [3.8, 4) is 0 Å². The molecule has 1 fully saturated rings. The highest BCUT2D eigenvalue weighted by molar-refractivity contribution is 6.30. The van der Waals surface area contributed by atoms with E-state index < -0.39 is 5.97 Å². The fourth-order valence-corrected chi connectivity index (χ4v) is 3.67. The molecule has 0 spiro atoms. The molecule has 0 bridgehead atoms. The minimum absolute atomic E-state index is 0.223. The maximum Gasteiger partial charge on any atom is 0.307 e. The first-order valence-electron chi connectivity index (χ1n) is 9.10. The Morgan fingerprint density at radius 2 is 1.63 bits per heavy atom. The highest BCUT2D eigenvalue weighted by Gasteiger charge is 2.25. The van der Waals surface area contributed by atoms with Crippen molar-refractivity contribution in [2.24, 2.45) is 5.92 Å². The van der Waals surface area contributed by atoms with Crippen LogP contribution in [0.15, 0.2) is 48.5 Å². The van der Waals surface area contributed by atoms with Crippen LogP contribution in [-0.4, -0.2) is 42.2 Å². The number of piperidine rings is 1. The Morgan fingerprint density at radius 3 is 2.15 bits per heavy atom. The average Bonchev–Trinajstić information content (AvgIpc) is 2.67. The van der Waals surface area contributed by atoms with Crippen LogP contribution in [-0.2, 0) is 9.53 Å². The van der Waals surface area contributed by atoms with Crippen LogP contribution in [0.25, 0.3) is 0 Å². The normalized spacial score (nSPS) is 18.0. The number of rotatable bonds is 7. The standard InChI is InChI=1S/C21H23Cl2NO3/c22-18-7-3-15(4-8-18)20(16-5-9-19(23)10-6-16)27-13-12-24-11-1-2-17(14-24)21(25)26/h3-10,17,20H,1-2,11-14H2,(H,25,26)/t17-/m1/s1. The number of nitrogens with zero attached hydrogens (tertiary/aromatic N) is 1. The third-order valence-electron chi connectivity index (χ3n) is 4.89. The van der Waals surface area contributed by atoms with Crippen LogP contribution in [0.4, 0.5) is 0 Å². The lowest BCUT2D eigenvalue weighted by molar-refractivity contribution is -0.143. The monoisotopic (exact) mass is 407 g/mol. The second-order valence-electron chi connectivity index (χ2n) is 6.83. The molecule has 2 aromatic carbocycles. The van der Waals surface area contributed by atoms with Gasteiger partial charge in [-0.1, -0.05) is 47.5 Å². The van der Waals surface area contributed by atoms with E-state index in [4.69, 9.17) is 27.9 Å². The molecule has 1 heterocycles. The quantitative estimate of drug-likeness (QED) is 0.709. The van der Waals surface area contributed by atoms with Crippen molar-refractivity contribution in [3.05, 3.63) is 69.7 Å². The van der Waals surface area contributed by atoms with Crippen molar-refractivity contribution in [3.63, 3.8) is 0 Å². The van der Waals surface area contributed by atoms with Crippen molar-refractivity contribution in [2.75, 3.05) is 26.2 Å². The smallest absolute Gasteiger partial charge is 0.307 e. The summed E-state index contributed by atoms with van der Waals surface area (Å²) in [5, 5.41) is 10.6. The fraction of sp³-hybridized carbons (Fsp3) is 0.381. The number of likely N-dealkylation sites (tertiary alicyclic amines) is 1. The first-order valence-corrected chi connectivity index (χ1v) is 9.86. The van der Waals surface area contributed by atoms with Crippen LogP contribution in [0.1, 0.15) is 30.1 Å². The van der Waals surface area contributed by atoms with Crippen LogP contribution in [0.2, 0.25) is 10.0 Å². The van der Waals surface area contributed by atoms with Crippen LogP contribution in [0.5, 0.6) is 0 Å². The Balaban J connectivity index is 1.65. The molecule has 4 nitrogen and oxygen atoms in total. The van der Waals surface area contributed by atoms with Gasteiger partial charge in [0.2, 0.25) is 0 Å². The molecule has 0 saturated carbocycles. The van der Waals surface area contributed by atoms with Gasteiger partial charge in [0, 0.05) is 23.1 Å². The van der Waals surface area contributed by atoms with E-state index in [0.29, 0.717) is 29.7 Å². The van der Waals surface area contributed by atoms with Crippen molar-refractivity contribution in [1.82, 2.24) is 4.90 Å². The third-order valence-corrected chi connectivity index (χ3v) is 5.40. The Bertz CT molecular complexity index is 704. The van der Waals surface area contributed by atoms with E-state index in [1.54, 1.807) is 0 Å². The fourth-order valence-electron chi connectivity index (χ4n) is 3.42. The van der Waals surface area contributed by atoms with Gasteiger partial charge < -0.3 is 14.7 Å². The highest BCUT2D eigenvalue weighted by Crippen LogP contribution is 2.28. The van der Waals surface area contributed by atoms with E-state index in [2.05, 4.69) is 4.90 Å². The van der Waals surface area contributed by atoms with Gasteiger partial charge in [-0.05, 0) is 54.8 Å². The minimum Gasteiger partial charge on any atom is -0.481 e. The number of carboxylic acids is 1. The number of ether oxygens (including phenoxy) is 1. The number of hydrogen-bond acceptors (Lipinski definition) is 3. The SMILES string of the molecule is O=C(O)[C@@H]1CCCN(CCOC(c2ccc(Cl)cc2)c2ccc(Cl)cc2)C1. The summed E-state index contributed by atoms with van der Waals surface area (Å²) < 4.78 is 6.22. The van der Waals surface area contributed by atoms with E-state index in [0.717, 1.165) is 30.5 Å². The zero-order valence-corrected chi connectivity index (χ0v) is 16.5. The molecule has 27 heavy (non-hydrogen) atoms. The summed E-state index contributed by atoms with van der Waals surface area (Å²) in [5.41, 5.74) is 2.03. The second-order valence-corrected chi connectivity index (χ2v) is 7.70. The highest BCUT2D eigenvalue weighted by atomic mass is 35.5. The van der Waals surface area contributed by atoms with Gasteiger partial charge in [-0.15, -0.1) is 0 Å². The predicted octanol–water partition coefficient (Wildman–Crippen LogP) is 4.90. The molecule has 1 aliphatic heterocycles. The van der Waals surface area contributed by atoms with Gasteiger partial charge >= 0.3 is 5.97 Å². The molecule has 0 radical (unpaired) electrons. The number of carboxylic acid groups (broad SMARTS) is 1. The topological polar surface area (TPSA) is 49.8 Å². The number of benzene rings is 2. The summed E-state index contributed by atoms with van der Waals surface area (Å²) in [6.07, 6.45) is 1.44. The van der Waals surface area contributed by atoms with E-state index in [1.165, 1.54) is 0 Å². The molecule has 0 unspecified atom stereocenters. The number of hydrogen-bond donors (Lipinski definition) is 1. The summed E-state index contributed by atoms with van der Waals surface area (Å²) in [6, 6.07) is 15.3. The Labute approximate surface area is 169 Å². The first-order chi connectivity index (χ1) is 13.0. The van der Waals surface area contributed by atoms with E-state index in [1.807, 2.05) is 48.5 Å². The van der Waals surface area contributed by atoms with Gasteiger partial charge in [0.1, 0.15) is 6.10 Å². The third kappa shape index (κ3) is 5.69. The predicted molar refractivity (Wildman–Crippen MR) is 107 cm³/mol. The molecule has 1 aliphatic rings. The summed E-state index contributed by atoms with van der Waals surface area (Å²) in [5.74, 6) is -0.983. The van der Waals surface area contributed by atoms with E-state index in [9.17, 15) is 9.90 Å². The van der Waals surface area contributed by atoms with Crippen LogP contribution >= 0.6 is 23.2 Å². The largest absolute Gasteiger partial charge is 0.481 e. The van der Waals surface area contributed by atoms with E-state index in [-0.39, 0.29) is 12.0 Å². The molecular weight excluding hydrogens is 385 g/mol. The maximum atomic E-state index is 11.2. The van der Waals surface area contributed by atoms with Gasteiger partial charge in [-0.3, -0.25) is 4.79 Å². The number of aliphatic carboxylic acids is 1. The Hall–Kier alpha value is -1.59. The molecule has 2 aromatic rings. The van der Waals surface area contributed by atoms with Crippen LogP contribution in [0, 0.1) is 5.92 Å². The van der Waals surface area contributed by atoms with Gasteiger partial charge in [-0.2, -0.15) is 0 Å². The second kappa shape index (κ2) is 9.56. The summed E-state index contributed by atoms with van der Waals surface area (Å²) in [7, 11) is 0. The first kappa shape index (κ1) is 20.2. The molecule has 1 atom stereocenters. The Morgan fingerprint density at radius 1 is 1.07 bits per heavy atom. The van der Waals surface area contributed by atoms with Crippen molar-refractivity contribution in [2.45, 2.75) is 18.9 Å². The van der Waals surface area contributed by atoms with E-state index >= 15 is 0 Å². The average molecular weight is 408 g/mol. The van der Waals surface area contributed by atoms with Gasteiger partial charge in [0.15, 0.2) is 0 Å². The molecule has 0 amide bonds. The van der Waals surface area contributed by atoms with Crippen molar-refractivity contribution in [1.29, 1.82) is 0 Å². The number of carbonyl (C=O) groups is 1. The summed E-state index contributed by atoms with van der Waals surface area (Å²) >= 11 is 12.0. The lowest BCUT2D eigenvalue weighted by atomic mass is 9.98. The molecule has 144 valence electrons.